The zero-order valence-corrected chi connectivity index (χ0v) is 16.6. The lowest BCUT2D eigenvalue weighted by atomic mass is 9.85. The summed E-state index contributed by atoms with van der Waals surface area (Å²) >= 11 is 0. The molecule has 148 valence electrons. The van der Waals surface area contributed by atoms with Crippen LogP contribution in [-0.2, 0) is 12.5 Å². The Balaban J connectivity index is 1.53. The van der Waals surface area contributed by atoms with E-state index in [-0.39, 0.29) is 17.9 Å². The molecule has 1 amide bonds. The Hall–Kier alpha value is -3.45. The standard InChI is InChI=1S/C22H23N5O2/c1-22(2,14-28)18-7-4-15(5-8-18)21(29)25-19-13-27-12-16(6-9-20(27)24-19)17-10-23-26(3)11-17/h4-13,28H,14H2,1-3H3,(H,25,29). The highest BCUT2D eigenvalue weighted by molar-refractivity contribution is 6.03. The van der Waals surface area contributed by atoms with Gasteiger partial charge in [-0.2, -0.15) is 5.10 Å². The van der Waals surface area contributed by atoms with Crippen molar-refractivity contribution in [3.8, 4) is 11.1 Å². The highest BCUT2D eigenvalue weighted by Gasteiger charge is 2.19. The van der Waals surface area contributed by atoms with E-state index in [0.29, 0.717) is 11.4 Å². The molecule has 1 aromatic carbocycles. The van der Waals surface area contributed by atoms with Crippen molar-refractivity contribution in [1.82, 2.24) is 19.2 Å². The molecule has 3 aromatic heterocycles. The largest absolute Gasteiger partial charge is 0.395 e. The van der Waals surface area contributed by atoms with E-state index in [0.717, 1.165) is 22.3 Å². The molecule has 0 aliphatic heterocycles. The van der Waals surface area contributed by atoms with Gasteiger partial charge in [0, 0.05) is 41.5 Å². The molecular weight excluding hydrogens is 366 g/mol. The molecule has 0 fully saturated rings. The van der Waals surface area contributed by atoms with Crippen molar-refractivity contribution in [1.29, 1.82) is 0 Å². The van der Waals surface area contributed by atoms with Gasteiger partial charge in [-0.3, -0.25) is 9.48 Å². The van der Waals surface area contributed by atoms with Crippen molar-refractivity contribution in [2.75, 3.05) is 11.9 Å². The minimum atomic E-state index is -0.345. The number of hydrogen-bond donors (Lipinski definition) is 2. The van der Waals surface area contributed by atoms with Crippen LogP contribution < -0.4 is 5.32 Å². The van der Waals surface area contributed by atoms with Gasteiger partial charge in [-0.1, -0.05) is 26.0 Å². The van der Waals surface area contributed by atoms with E-state index in [1.165, 1.54) is 0 Å². The van der Waals surface area contributed by atoms with Crippen LogP contribution in [0.25, 0.3) is 16.8 Å². The number of aromatic nitrogens is 4. The van der Waals surface area contributed by atoms with Crippen LogP contribution in [0.2, 0.25) is 0 Å². The van der Waals surface area contributed by atoms with E-state index in [4.69, 9.17) is 0 Å². The molecule has 2 N–H and O–H groups in total. The Morgan fingerprint density at radius 1 is 1.07 bits per heavy atom. The van der Waals surface area contributed by atoms with E-state index in [9.17, 15) is 9.90 Å². The minimum Gasteiger partial charge on any atom is -0.395 e. The molecule has 29 heavy (non-hydrogen) atoms. The Labute approximate surface area is 168 Å². The number of aryl methyl sites for hydroxylation is 1. The molecule has 0 saturated heterocycles. The number of aliphatic hydroxyl groups is 1. The van der Waals surface area contributed by atoms with Crippen LogP contribution >= 0.6 is 0 Å². The molecule has 4 aromatic rings. The fourth-order valence-electron chi connectivity index (χ4n) is 3.15. The van der Waals surface area contributed by atoms with Gasteiger partial charge in [0.05, 0.1) is 19.0 Å². The van der Waals surface area contributed by atoms with E-state index in [1.54, 1.807) is 23.0 Å². The number of amides is 1. The van der Waals surface area contributed by atoms with Gasteiger partial charge in [0.15, 0.2) is 5.82 Å². The molecule has 7 nitrogen and oxygen atoms in total. The van der Waals surface area contributed by atoms with E-state index < -0.39 is 0 Å². The second kappa shape index (κ2) is 7.18. The summed E-state index contributed by atoms with van der Waals surface area (Å²) in [5.74, 6) is 0.257. The predicted octanol–water partition coefficient (Wildman–Crippen LogP) is 3.26. The second-order valence-electron chi connectivity index (χ2n) is 7.79. The van der Waals surface area contributed by atoms with Crippen molar-refractivity contribution in [3.05, 3.63) is 72.3 Å². The summed E-state index contributed by atoms with van der Waals surface area (Å²) in [5.41, 5.74) is 3.95. The number of pyridine rings is 1. The van der Waals surface area contributed by atoms with E-state index in [1.807, 2.05) is 68.2 Å². The van der Waals surface area contributed by atoms with Crippen molar-refractivity contribution in [2.45, 2.75) is 19.3 Å². The van der Waals surface area contributed by atoms with Crippen molar-refractivity contribution in [2.24, 2.45) is 7.05 Å². The van der Waals surface area contributed by atoms with Gasteiger partial charge in [0.2, 0.25) is 0 Å². The predicted molar refractivity (Wildman–Crippen MR) is 112 cm³/mol. The number of carbonyl (C=O) groups excluding carboxylic acids is 1. The summed E-state index contributed by atoms with van der Waals surface area (Å²) in [6.07, 6.45) is 7.50. The number of hydrogen-bond acceptors (Lipinski definition) is 4. The molecule has 0 aliphatic rings. The molecule has 0 saturated carbocycles. The first kappa shape index (κ1) is 18.9. The molecule has 4 rings (SSSR count). The van der Waals surface area contributed by atoms with Crippen molar-refractivity contribution < 1.29 is 9.90 Å². The monoisotopic (exact) mass is 389 g/mol. The van der Waals surface area contributed by atoms with Crippen LogP contribution in [0.5, 0.6) is 0 Å². The van der Waals surface area contributed by atoms with Gasteiger partial charge in [-0.05, 0) is 29.8 Å². The molecule has 0 bridgehead atoms. The van der Waals surface area contributed by atoms with Crippen LogP contribution in [0.4, 0.5) is 5.82 Å². The van der Waals surface area contributed by atoms with Crippen LogP contribution in [-0.4, -0.2) is 36.8 Å². The number of anilines is 1. The number of carbonyl (C=O) groups is 1. The minimum absolute atomic E-state index is 0.0425. The molecule has 0 aliphatic carbocycles. The average Bonchev–Trinajstić information content (AvgIpc) is 3.32. The lowest BCUT2D eigenvalue weighted by molar-refractivity contribution is 0.102. The van der Waals surface area contributed by atoms with Crippen molar-refractivity contribution in [3.63, 3.8) is 0 Å². The Kier molecular flexibility index (Phi) is 4.68. The van der Waals surface area contributed by atoms with Crippen LogP contribution in [0, 0.1) is 0 Å². The summed E-state index contributed by atoms with van der Waals surface area (Å²) in [6, 6.07) is 11.1. The number of nitrogens with one attached hydrogen (secondary N) is 1. The third-order valence-electron chi connectivity index (χ3n) is 5.05. The number of imidazole rings is 1. The first-order chi connectivity index (χ1) is 13.9. The lowest BCUT2D eigenvalue weighted by Crippen LogP contribution is -2.22. The third-order valence-corrected chi connectivity index (χ3v) is 5.05. The van der Waals surface area contributed by atoms with E-state index in [2.05, 4.69) is 15.4 Å². The summed E-state index contributed by atoms with van der Waals surface area (Å²) in [5, 5.41) is 16.5. The summed E-state index contributed by atoms with van der Waals surface area (Å²) < 4.78 is 3.64. The number of rotatable bonds is 5. The van der Waals surface area contributed by atoms with Crippen LogP contribution in [0.15, 0.2) is 61.2 Å². The highest BCUT2D eigenvalue weighted by Crippen LogP contribution is 2.23. The molecule has 0 radical (unpaired) electrons. The van der Waals surface area contributed by atoms with Gasteiger partial charge >= 0.3 is 0 Å². The number of benzene rings is 1. The third kappa shape index (κ3) is 3.77. The van der Waals surface area contributed by atoms with Gasteiger partial charge in [-0.15, -0.1) is 0 Å². The molecule has 3 heterocycles. The van der Waals surface area contributed by atoms with Crippen LogP contribution in [0.1, 0.15) is 29.8 Å². The van der Waals surface area contributed by atoms with Gasteiger partial charge in [-0.25, -0.2) is 4.98 Å². The lowest BCUT2D eigenvalue weighted by Gasteiger charge is -2.22. The SMILES string of the molecule is Cn1cc(-c2ccc3nc(NC(=O)c4ccc(C(C)(C)CO)cc4)cn3c2)cn1. The number of fused-ring (bicyclic) bond motifs is 1. The van der Waals surface area contributed by atoms with Gasteiger partial charge < -0.3 is 14.8 Å². The normalized spacial score (nSPS) is 11.7. The van der Waals surface area contributed by atoms with E-state index >= 15 is 0 Å². The quantitative estimate of drug-likeness (QED) is 0.549. The number of aliphatic hydroxyl groups excluding tert-OH is 1. The number of nitrogens with zero attached hydrogens (tertiary/aromatic N) is 4. The molecule has 0 unspecified atom stereocenters. The maximum absolute atomic E-state index is 12.6. The molecule has 0 atom stereocenters. The second-order valence-corrected chi connectivity index (χ2v) is 7.79. The van der Waals surface area contributed by atoms with Crippen LogP contribution in [0.3, 0.4) is 0 Å². The van der Waals surface area contributed by atoms with Gasteiger partial charge in [0.1, 0.15) is 5.65 Å². The maximum atomic E-state index is 12.6. The zero-order valence-electron chi connectivity index (χ0n) is 16.6. The Morgan fingerprint density at radius 2 is 1.83 bits per heavy atom. The smallest absolute Gasteiger partial charge is 0.256 e. The first-order valence-electron chi connectivity index (χ1n) is 9.36. The summed E-state index contributed by atoms with van der Waals surface area (Å²) in [6.45, 7) is 3.96. The molecule has 0 spiro atoms. The van der Waals surface area contributed by atoms with Gasteiger partial charge in [0.25, 0.3) is 5.91 Å². The average molecular weight is 389 g/mol. The fraction of sp³-hybridized carbons (Fsp3) is 0.227. The zero-order chi connectivity index (χ0) is 20.6. The van der Waals surface area contributed by atoms with Crippen molar-refractivity contribution >= 4 is 17.4 Å². The fourth-order valence-corrected chi connectivity index (χ4v) is 3.15. The summed E-state index contributed by atoms with van der Waals surface area (Å²) in [4.78, 5) is 17.1. The first-order valence-corrected chi connectivity index (χ1v) is 9.36. The topological polar surface area (TPSA) is 84.5 Å². The molecular formula is C22H23N5O2. The Morgan fingerprint density at radius 3 is 2.48 bits per heavy atom. The molecule has 7 heteroatoms. The summed E-state index contributed by atoms with van der Waals surface area (Å²) in [7, 11) is 1.88. The Bertz CT molecular complexity index is 1170. The maximum Gasteiger partial charge on any atom is 0.256 e. The highest BCUT2D eigenvalue weighted by atomic mass is 16.3.